The summed E-state index contributed by atoms with van der Waals surface area (Å²) >= 11 is 7.89. The first kappa shape index (κ1) is 14.6. The van der Waals surface area contributed by atoms with Crippen molar-refractivity contribution in [1.82, 2.24) is 5.32 Å². The maximum absolute atomic E-state index is 11.5. The Morgan fingerprint density at radius 1 is 1.33 bits per heavy atom. The lowest BCUT2D eigenvalue weighted by Gasteiger charge is -2.07. The Morgan fingerprint density at radius 2 is 2.00 bits per heavy atom. The molecular formula is C11H12BrN3O2S. The molecule has 0 bridgehead atoms. The lowest BCUT2D eigenvalue weighted by molar-refractivity contribution is -0.135. The van der Waals surface area contributed by atoms with Crippen molar-refractivity contribution in [2.24, 2.45) is 5.73 Å². The number of hydrogen-bond donors (Lipinski definition) is 3. The summed E-state index contributed by atoms with van der Waals surface area (Å²) in [5, 5.41) is 4.78. The van der Waals surface area contributed by atoms with Gasteiger partial charge in [0.25, 0.3) is 0 Å². The number of rotatable bonds is 3. The van der Waals surface area contributed by atoms with Crippen molar-refractivity contribution in [3.63, 3.8) is 0 Å². The predicted octanol–water partition coefficient (Wildman–Crippen LogP) is 1.10. The van der Waals surface area contributed by atoms with Crippen LogP contribution in [0.5, 0.6) is 0 Å². The molecule has 0 aliphatic heterocycles. The van der Waals surface area contributed by atoms with E-state index in [1.807, 2.05) is 13.0 Å². The zero-order valence-corrected chi connectivity index (χ0v) is 12.0. The first-order chi connectivity index (χ1) is 8.38. The normalized spacial score (nSPS) is 9.67. The van der Waals surface area contributed by atoms with E-state index >= 15 is 0 Å². The standard InChI is InChI=1S/C11H12BrN3O2S/c1-6-2-7(12)4-8(3-6)15-11(17)10(16)14-5-9(13)18/h2-4H,5H2,1H3,(H2,13,18)(H,14,16)(H,15,17). The molecule has 7 heteroatoms. The molecule has 0 fully saturated rings. The number of carbonyl (C=O) groups is 2. The molecule has 96 valence electrons. The van der Waals surface area contributed by atoms with Gasteiger partial charge in [0, 0.05) is 10.2 Å². The van der Waals surface area contributed by atoms with E-state index in [1.54, 1.807) is 12.1 Å². The lowest BCUT2D eigenvalue weighted by atomic mass is 10.2. The molecule has 1 aromatic carbocycles. The number of anilines is 1. The monoisotopic (exact) mass is 329 g/mol. The van der Waals surface area contributed by atoms with Crippen molar-refractivity contribution in [3.05, 3.63) is 28.2 Å². The Kier molecular flexibility index (Phi) is 5.24. The van der Waals surface area contributed by atoms with Gasteiger partial charge in [-0.25, -0.2) is 0 Å². The van der Waals surface area contributed by atoms with Gasteiger partial charge < -0.3 is 16.4 Å². The Labute approximate surface area is 118 Å². The SMILES string of the molecule is Cc1cc(Br)cc(NC(=O)C(=O)NCC(N)=S)c1. The molecule has 18 heavy (non-hydrogen) atoms. The van der Waals surface area contributed by atoms with Gasteiger partial charge in [-0.3, -0.25) is 9.59 Å². The minimum atomic E-state index is -0.777. The fourth-order valence-corrected chi connectivity index (χ4v) is 1.92. The molecule has 0 spiro atoms. The van der Waals surface area contributed by atoms with Gasteiger partial charge in [-0.05, 0) is 30.7 Å². The largest absolute Gasteiger partial charge is 0.392 e. The van der Waals surface area contributed by atoms with Gasteiger partial charge in [0.15, 0.2) is 0 Å². The summed E-state index contributed by atoms with van der Waals surface area (Å²) in [5.74, 6) is -1.54. The van der Waals surface area contributed by atoms with Crippen LogP contribution in [0, 0.1) is 6.92 Å². The van der Waals surface area contributed by atoms with E-state index in [2.05, 4.69) is 38.8 Å². The Morgan fingerprint density at radius 3 is 2.56 bits per heavy atom. The summed E-state index contributed by atoms with van der Waals surface area (Å²) in [4.78, 5) is 23.0. The number of carbonyl (C=O) groups excluding carboxylic acids is 2. The molecule has 5 nitrogen and oxygen atoms in total. The van der Waals surface area contributed by atoms with E-state index in [0.29, 0.717) is 5.69 Å². The van der Waals surface area contributed by atoms with Gasteiger partial charge in [0.2, 0.25) is 0 Å². The molecule has 0 aliphatic carbocycles. The summed E-state index contributed by atoms with van der Waals surface area (Å²) in [6, 6.07) is 5.35. The van der Waals surface area contributed by atoms with Crippen LogP contribution in [-0.2, 0) is 9.59 Å². The molecule has 0 atom stereocenters. The molecule has 0 saturated carbocycles. The van der Waals surface area contributed by atoms with E-state index in [1.165, 1.54) is 0 Å². The van der Waals surface area contributed by atoms with Crippen LogP contribution >= 0.6 is 28.1 Å². The predicted molar refractivity (Wildman–Crippen MR) is 77.3 cm³/mol. The van der Waals surface area contributed by atoms with Gasteiger partial charge in [-0.15, -0.1) is 0 Å². The molecule has 0 unspecified atom stereocenters. The maximum atomic E-state index is 11.5. The zero-order chi connectivity index (χ0) is 13.7. The van der Waals surface area contributed by atoms with E-state index in [-0.39, 0.29) is 11.5 Å². The highest BCUT2D eigenvalue weighted by Crippen LogP contribution is 2.18. The Bertz CT molecular complexity index is 485. The number of amides is 2. The molecule has 0 aliphatic rings. The van der Waals surface area contributed by atoms with Crippen molar-refractivity contribution in [2.75, 3.05) is 11.9 Å². The average Bonchev–Trinajstić information content (AvgIpc) is 2.24. The summed E-state index contributed by atoms with van der Waals surface area (Å²) in [7, 11) is 0. The summed E-state index contributed by atoms with van der Waals surface area (Å²) in [6.07, 6.45) is 0. The van der Waals surface area contributed by atoms with Crippen molar-refractivity contribution in [2.45, 2.75) is 6.92 Å². The van der Waals surface area contributed by atoms with Crippen LogP contribution in [0.2, 0.25) is 0 Å². The van der Waals surface area contributed by atoms with Crippen LogP contribution in [0.1, 0.15) is 5.56 Å². The third kappa shape index (κ3) is 4.80. The van der Waals surface area contributed by atoms with Crippen LogP contribution < -0.4 is 16.4 Å². The van der Waals surface area contributed by atoms with Crippen molar-refractivity contribution in [1.29, 1.82) is 0 Å². The minimum absolute atomic E-state index is 0.000894. The van der Waals surface area contributed by atoms with Crippen LogP contribution in [0.4, 0.5) is 5.69 Å². The Hall–Kier alpha value is -1.47. The first-order valence-corrected chi connectivity index (χ1v) is 6.23. The maximum Gasteiger partial charge on any atom is 0.313 e. The Balaban J connectivity index is 2.63. The molecule has 4 N–H and O–H groups in total. The number of nitrogens with one attached hydrogen (secondary N) is 2. The number of benzene rings is 1. The van der Waals surface area contributed by atoms with E-state index in [4.69, 9.17) is 5.73 Å². The lowest BCUT2D eigenvalue weighted by Crippen LogP contribution is -2.39. The van der Waals surface area contributed by atoms with Gasteiger partial charge in [0.05, 0.1) is 11.5 Å². The highest BCUT2D eigenvalue weighted by molar-refractivity contribution is 9.10. The summed E-state index contributed by atoms with van der Waals surface area (Å²) in [5.41, 5.74) is 6.71. The van der Waals surface area contributed by atoms with Crippen molar-refractivity contribution in [3.8, 4) is 0 Å². The quantitative estimate of drug-likeness (QED) is 0.572. The average molecular weight is 330 g/mol. The highest BCUT2D eigenvalue weighted by Gasteiger charge is 2.13. The third-order valence-electron chi connectivity index (χ3n) is 1.93. The fraction of sp³-hybridized carbons (Fsp3) is 0.182. The second kappa shape index (κ2) is 6.46. The smallest absolute Gasteiger partial charge is 0.313 e. The number of nitrogens with two attached hydrogens (primary N) is 1. The zero-order valence-electron chi connectivity index (χ0n) is 9.62. The van der Waals surface area contributed by atoms with Gasteiger partial charge in [0.1, 0.15) is 0 Å². The van der Waals surface area contributed by atoms with Gasteiger partial charge in [-0.1, -0.05) is 28.1 Å². The molecule has 1 aromatic rings. The highest BCUT2D eigenvalue weighted by atomic mass is 79.9. The molecule has 2 amide bonds. The van der Waals surface area contributed by atoms with E-state index < -0.39 is 11.8 Å². The summed E-state index contributed by atoms with van der Waals surface area (Å²) in [6.45, 7) is 1.88. The molecule has 0 saturated heterocycles. The molecule has 0 aromatic heterocycles. The van der Waals surface area contributed by atoms with Crippen LogP contribution in [-0.4, -0.2) is 23.3 Å². The second-order valence-corrected chi connectivity index (χ2v) is 5.06. The number of aryl methyl sites for hydroxylation is 1. The second-order valence-electron chi connectivity index (χ2n) is 3.62. The molecule has 0 radical (unpaired) electrons. The topological polar surface area (TPSA) is 84.2 Å². The minimum Gasteiger partial charge on any atom is -0.392 e. The molecule has 1 rings (SSSR count). The first-order valence-electron chi connectivity index (χ1n) is 5.03. The van der Waals surface area contributed by atoms with Gasteiger partial charge in [-0.2, -0.15) is 0 Å². The number of halogens is 1. The third-order valence-corrected chi connectivity index (χ3v) is 2.53. The van der Waals surface area contributed by atoms with Gasteiger partial charge >= 0.3 is 11.8 Å². The number of hydrogen-bond acceptors (Lipinski definition) is 3. The van der Waals surface area contributed by atoms with E-state index in [0.717, 1.165) is 10.0 Å². The van der Waals surface area contributed by atoms with Crippen molar-refractivity contribution >= 4 is 50.6 Å². The molecular weight excluding hydrogens is 318 g/mol. The van der Waals surface area contributed by atoms with Crippen LogP contribution in [0.25, 0.3) is 0 Å². The van der Waals surface area contributed by atoms with Crippen molar-refractivity contribution < 1.29 is 9.59 Å². The fourth-order valence-electron chi connectivity index (χ4n) is 1.24. The summed E-state index contributed by atoms with van der Waals surface area (Å²) < 4.78 is 0.821. The van der Waals surface area contributed by atoms with Crippen LogP contribution in [0.15, 0.2) is 22.7 Å². The molecule has 0 heterocycles. The number of thiocarbonyl (C=S) groups is 1. The van der Waals surface area contributed by atoms with E-state index in [9.17, 15) is 9.59 Å². The van der Waals surface area contributed by atoms with Crippen LogP contribution in [0.3, 0.4) is 0 Å².